The van der Waals surface area contributed by atoms with Crippen LogP contribution in [-0.4, -0.2) is 25.7 Å². The van der Waals surface area contributed by atoms with Crippen molar-refractivity contribution in [3.63, 3.8) is 0 Å². The van der Waals surface area contributed by atoms with Gasteiger partial charge in [0.05, 0.1) is 17.2 Å². The number of aromatic nitrogens is 2. The van der Waals surface area contributed by atoms with Crippen LogP contribution in [0.4, 0.5) is 0 Å². The zero-order chi connectivity index (χ0) is 12.8. The van der Waals surface area contributed by atoms with Crippen LogP contribution in [0.5, 0.6) is 0 Å². The third-order valence-corrected chi connectivity index (χ3v) is 3.43. The summed E-state index contributed by atoms with van der Waals surface area (Å²) < 4.78 is 8.11. The van der Waals surface area contributed by atoms with Gasteiger partial charge in [0.1, 0.15) is 4.99 Å². The molecule has 0 spiro atoms. The number of hydrogen-bond acceptors (Lipinski definition) is 3. The average molecular weight is 253 g/mol. The Bertz CT molecular complexity index is 450. The normalized spacial score (nSPS) is 26.0. The van der Waals surface area contributed by atoms with Crippen LogP contribution in [0, 0.1) is 0 Å². The summed E-state index contributed by atoms with van der Waals surface area (Å²) in [5.41, 5.74) is 5.31. The van der Waals surface area contributed by atoms with Crippen LogP contribution in [0.1, 0.15) is 46.0 Å². The van der Waals surface area contributed by atoms with Crippen molar-refractivity contribution in [2.24, 2.45) is 5.73 Å². The highest BCUT2D eigenvalue weighted by Gasteiger charge is 2.47. The predicted molar refractivity (Wildman–Crippen MR) is 71.0 cm³/mol. The van der Waals surface area contributed by atoms with Crippen molar-refractivity contribution in [1.29, 1.82) is 0 Å². The third kappa shape index (κ3) is 2.21. The molecule has 0 amide bonds. The van der Waals surface area contributed by atoms with E-state index in [0.717, 1.165) is 6.42 Å². The van der Waals surface area contributed by atoms with E-state index in [1.807, 2.05) is 10.8 Å². The number of nitrogens with two attached hydrogens (primary N) is 1. The Morgan fingerprint density at radius 1 is 1.53 bits per heavy atom. The Labute approximate surface area is 107 Å². The predicted octanol–water partition coefficient (Wildman–Crippen LogP) is 2.04. The molecule has 2 rings (SSSR count). The maximum atomic E-state index is 6.07. The molecule has 4 nitrogen and oxygen atoms in total. The third-order valence-electron chi connectivity index (χ3n) is 3.25. The van der Waals surface area contributed by atoms with E-state index in [1.54, 1.807) is 6.20 Å². The van der Waals surface area contributed by atoms with Crippen LogP contribution in [0.3, 0.4) is 0 Å². The first-order valence-electron chi connectivity index (χ1n) is 5.76. The molecule has 94 valence electrons. The molecule has 2 N–H and O–H groups in total. The molecule has 17 heavy (non-hydrogen) atoms. The molecule has 1 aliphatic rings. The first-order valence-corrected chi connectivity index (χ1v) is 6.16. The van der Waals surface area contributed by atoms with Crippen molar-refractivity contribution in [2.45, 2.75) is 51.4 Å². The zero-order valence-electron chi connectivity index (χ0n) is 10.7. The average Bonchev–Trinajstić information content (AvgIpc) is 2.66. The lowest BCUT2D eigenvalue weighted by Crippen LogP contribution is -2.32. The summed E-state index contributed by atoms with van der Waals surface area (Å²) >= 11 is 5.02. The smallest absolute Gasteiger partial charge is 0.167 e. The van der Waals surface area contributed by atoms with E-state index in [4.69, 9.17) is 22.7 Å². The van der Waals surface area contributed by atoms with Crippen molar-refractivity contribution in [3.05, 3.63) is 18.2 Å². The van der Waals surface area contributed by atoms with Crippen molar-refractivity contribution >= 4 is 17.2 Å². The minimum Gasteiger partial charge on any atom is -0.387 e. The molecule has 0 radical (unpaired) electrons. The second kappa shape index (κ2) is 3.78. The summed E-state index contributed by atoms with van der Waals surface area (Å²) in [4.78, 5) is 4.54. The van der Waals surface area contributed by atoms with Gasteiger partial charge in [-0.05, 0) is 34.1 Å². The molecule has 0 bridgehead atoms. The van der Waals surface area contributed by atoms with Gasteiger partial charge in [0.25, 0.3) is 0 Å². The fraction of sp³-hybridized carbons (Fsp3) is 0.667. The molecule has 1 fully saturated rings. The minimum absolute atomic E-state index is 0.133. The zero-order valence-corrected chi connectivity index (χ0v) is 11.5. The number of thiocarbonyl (C=S) groups is 1. The Morgan fingerprint density at radius 2 is 2.18 bits per heavy atom. The molecule has 1 aliphatic heterocycles. The van der Waals surface area contributed by atoms with Gasteiger partial charge in [0, 0.05) is 12.4 Å². The van der Waals surface area contributed by atoms with Gasteiger partial charge < -0.3 is 15.0 Å². The van der Waals surface area contributed by atoms with Gasteiger partial charge in [-0.3, -0.25) is 0 Å². The number of ether oxygens (including phenoxy) is 1. The number of hydrogen-bond donors (Lipinski definition) is 1. The number of rotatable bonds is 2. The molecular weight excluding hydrogens is 234 g/mol. The molecule has 1 aromatic heterocycles. The topological polar surface area (TPSA) is 53.1 Å². The number of nitrogens with zero attached hydrogens (tertiary/aromatic N) is 2. The van der Waals surface area contributed by atoms with Gasteiger partial charge in [-0.25, -0.2) is 4.98 Å². The van der Waals surface area contributed by atoms with E-state index < -0.39 is 0 Å². The van der Waals surface area contributed by atoms with Gasteiger partial charge in [0.15, 0.2) is 5.82 Å². The highest BCUT2D eigenvalue weighted by Crippen LogP contribution is 2.45. The summed E-state index contributed by atoms with van der Waals surface area (Å²) in [7, 11) is 0. The Morgan fingerprint density at radius 3 is 2.65 bits per heavy atom. The van der Waals surface area contributed by atoms with Crippen molar-refractivity contribution in [3.8, 4) is 0 Å². The van der Waals surface area contributed by atoms with E-state index >= 15 is 0 Å². The lowest BCUT2D eigenvalue weighted by Gasteiger charge is -2.28. The Kier molecular flexibility index (Phi) is 2.78. The fourth-order valence-electron chi connectivity index (χ4n) is 2.72. The van der Waals surface area contributed by atoms with Crippen LogP contribution < -0.4 is 5.73 Å². The van der Waals surface area contributed by atoms with Crippen LogP contribution in [0.15, 0.2) is 12.4 Å². The summed E-state index contributed by atoms with van der Waals surface area (Å²) in [6, 6.07) is 0.205. The van der Waals surface area contributed by atoms with E-state index in [9.17, 15) is 0 Å². The standard InChI is InChI=1S/C12H19N3OS/c1-11(2)7-8(12(3,4)16-11)15-6-5-14-10(15)9(13)17/h5-6,8H,7H2,1-4H3,(H2,13,17). The molecule has 1 saturated heterocycles. The van der Waals surface area contributed by atoms with E-state index in [-0.39, 0.29) is 17.2 Å². The second-order valence-electron chi connectivity index (χ2n) is 5.71. The summed E-state index contributed by atoms with van der Waals surface area (Å²) in [6.45, 7) is 8.39. The Hall–Kier alpha value is -0.940. The minimum atomic E-state index is -0.246. The lowest BCUT2D eigenvalue weighted by atomic mass is 9.94. The summed E-state index contributed by atoms with van der Waals surface area (Å²) in [5, 5.41) is 0. The van der Waals surface area contributed by atoms with Gasteiger partial charge in [-0.15, -0.1) is 0 Å². The molecule has 0 aliphatic carbocycles. The van der Waals surface area contributed by atoms with Crippen LogP contribution in [-0.2, 0) is 4.74 Å². The SMILES string of the molecule is CC1(C)CC(n2ccnc2C(N)=S)C(C)(C)O1. The van der Waals surface area contributed by atoms with Crippen molar-refractivity contribution in [1.82, 2.24) is 9.55 Å². The van der Waals surface area contributed by atoms with E-state index in [0.29, 0.717) is 10.8 Å². The fourth-order valence-corrected chi connectivity index (χ4v) is 2.88. The molecule has 2 heterocycles. The van der Waals surface area contributed by atoms with Crippen molar-refractivity contribution in [2.75, 3.05) is 0 Å². The van der Waals surface area contributed by atoms with E-state index in [2.05, 4.69) is 32.7 Å². The molecular formula is C12H19N3OS. The van der Waals surface area contributed by atoms with Gasteiger partial charge in [-0.1, -0.05) is 12.2 Å². The summed E-state index contributed by atoms with van der Waals surface area (Å²) in [5.74, 6) is 0.666. The maximum absolute atomic E-state index is 6.07. The van der Waals surface area contributed by atoms with Gasteiger partial charge in [0.2, 0.25) is 0 Å². The summed E-state index contributed by atoms with van der Waals surface area (Å²) in [6.07, 6.45) is 4.58. The first-order chi connectivity index (χ1) is 7.73. The number of imidazole rings is 1. The molecule has 1 unspecified atom stereocenters. The van der Waals surface area contributed by atoms with Crippen LogP contribution in [0.25, 0.3) is 0 Å². The Balaban J connectivity index is 2.40. The van der Waals surface area contributed by atoms with Gasteiger partial charge >= 0.3 is 0 Å². The van der Waals surface area contributed by atoms with Crippen molar-refractivity contribution < 1.29 is 4.74 Å². The maximum Gasteiger partial charge on any atom is 0.167 e. The lowest BCUT2D eigenvalue weighted by molar-refractivity contribution is -0.0729. The molecule has 1 aromatic rings. The second-order valence-corrected chi connectivity index (χ2v) is 6.15. The van der Waals surface area contributed by atoms with Gasteiger partial charge in [-0.2, -0.15) is 0 Å². The largest absolute Gasteiger partial charge is 0.387 e. The molecule has 0 aromatic carbocycles. The van der Waals surface area contributed by atoms with Crippen LogP contribution >= 0.6 is 12.2 Å². The molecule has 1 atom stereocenters. The first kappa shape index (κ1) is 12.5. The van der Waals surface area contributed by atoms with Crippen LogP contribution in [0.2, 0.25) is 0 Å². The van der Waals surface area contributed by atoms with E-state index in [1.165, 1.54) is 0 Å². The molecule has 5 heteroatoms. The molecule has 0 saturated carbocycles. The highest BCUT2D eigenvalue weighted by molar-refractivity contribution is 7.80. The quantitative estimate of drug-likeness (QED) is 0.819. The highest BCUT2D eigenvalue weighted by atomic mass is 32.1. The monoisotopic (exact) mass is 253 g/mol.